The van der Waals surface area contributed by atoms with Gasteiger partial charge in [0.2, 0.25) is 0 Å². The van der Waals surface area contributed by atoms with Crippen LogP contribution in [0.4, 0.5) is 17.6 Å². The molecule has 1 nitrogen and oxygen atoms in total. The lowest BCUT2D eigenvalue weighted by Gasteiger charge is -2.37. The van der Waals surface area contributed by atoms with E-state index in [1.807, 2.05) is 6.92 Å². The molecule has 1 aliphatic rings. The first-order valence-electron chi connectivity index (χ1n) is 6.86. The fourth-order valence-electron chi connectivity index (χ4n) is 3.01. The van der Waals surface area contributed by atoms with Gasteiger partial charge in [0, 0.05) is 0 Å². The number of hydrogen-bond acceptors (Lipinski definition) is 1. The number of alkyl halides is 3. The van der Waals surface area contributed by atoms with Gasteiger partial charge in [-0.15, -0.1) is 0 Å². The van der Waals surface area contributed by atoms with Crippen molar-refractivity contribution in [2.45, 2.75) is 50.8 Å². The highest BCUT2D eigenvalue weighted by Crippen LogP contribution is 2.42. The molecule has 1 saturated carbocycles. The maximum Gasteiger partial charge on any atom is 0.419 e. The number of aliphatic hydroxyl groups is 1. The van der Waals surface area contributed by atoms with Gasteiger partial charge in [-0.3, -0.25) is 0 Å². The predicted octanol–water partition coefficient (Wildman–Crippen LogP) is 4.63. The number of hydrogen-bond donors (Lipinski definition) is 1. The first-order chi connectivity index (χ1) is 9.26. The van der Waals surface area contributed by atoms with Crippen molar-refractivity contribution < 1.29 is 22.7 Å². The van der Waals surface area contributed by atoms with Crippen LogP contribution in [0.3, 0.4) is 0 Å². The third-order valence-corrected chi connectivity index (χ3v) is 4.22. The van der Waals surface area contributed by atoms with Crippen LogP contribution in [0.15, 0.2) is 18.2 Å². The first-order valence-corrected chi connectivity index (χ1v) is 6.86. The predicted molar refractivity (Wildman–Crippen MR) is 67.5 cm³/mol. The topological polar surface area (TPSA) is 20.2 Å². The molecule has 0 amide bonds. The zero-order chi connectivity index (χ0) is 15.0. The van der Waals surface area contributed by atoms with Gasteiger partial charge in [0.1, 0.15) is 5.82 Å². The molecule has 1 aromatic rings. The van der Waals surface area contributed by atoms with E-state index >= 15 is 0 Å². The molecule has 2 atom stereocenters. The average Bonchev–Trinajstić information content (AvgIpc) is 2.37. The molecule has 0 spiro atoms. The van der Waals surface area contributed by atoms with Crippen LogP contribution in [0, 0.1) is 11.7 Å². The van der Waals surface area contributed by atoms with Gasteiger partial charge < -0.3 is 5.11 Å². The summed E-state index contributed by atoms with van der Waals surface area (Å²) in [6, 6.07) is 2.75. The molecular weight excluding hydrogens is 272 g/mol. The van der Waals surface area contributed by atoms with Crippen LogP contribution in [0.25, 0.3) is 0 Å². The Morgan fingerprint density at radius 1 is 1.35 bits per heavy atom. The smallest absolute Gasteiger partial charge is 0.385 e. The molecular formula is C15H18F4O. The van der Waals surface area contributed by atoms with Crippen molar-refractivity contribution in [3.63, 3.8) is 0 Å². The summed E-state index contributed by atoms with van der Waals surface area (Å²) in [4.78, 5) is 0. The SMILES string of the molecule is CCC1CCCC(O)(c2ccc(C(F)(F)F)c(F)c2)C1. The van der Waals surface area contributed by atoms with Crippen molar-refractivity contribution in [2.75, 3.05) is 0 Å². The molecule has 2 unspecified atom stereocenters. The van der Waals surface area contributed by atoms with Gasteiger partial charge in [-0.2, -0.15) is 13.2 Å². The molecule has 1 N–H and O–H groups in total. The molecule has 112 valence electrons. The van der Waals surface area contributed by atoms with E-state index in [-0.39, 0.29) is 5.56 Å². The van der Waals surface area contributed by atoms with E-state index in [1.54, 1.807) is 0 Å². The Bertz CT molecular complexity index is 483. The van der Waals surface area contributed by atoms with Gasteiger partial charge in [0.15, 0.2) is 0 Å². The summed E-state index contributed by atoms with van der Waals surface area (Å²) in [5.74, 6) is -0.985. The number of benzene rings is 1. The first kappa shape index (κ1) is 15.3. The molecule has 20 heavy (non-hydrogen) atoms. The van der Waals surface area contributed by atoms with Crippen LogP contribution < -0.4 is 0 Å². The molecule has 2 rings (SSSR count). The van der Waals surface area contributed by atoms with Gasteiger partial charge in [-0.1, -0.05) is 25.8 Å². The largest absolute Gasteiger partial charge is 0.419 e. The Balaban J connectivity index is 2.31. The monoisotopic (exact) mass is 290 g/mol. The van der Waals surface area contributed by atoms with E-state index in [4.69, 9.17) is 0 Å². The average molecular weight is 290 g/mol. The lowest BCUT2D eigenvalue weighted by molar-refractivity contribution is -0.140. The second kappa shape index (κ2) is 5.35. The third kappa shape index (κ3) is 2.97. The summed E-state index contributed by atoms with van der Waals surface area (Å²) < 4.78 is 51.2. The summed E-state index contributed by atoms with van der Waals surface area (Å²) in [5, 5.41) is 10.6. The Labute approximate surface area is 115 Å². The highest BCUT2D eigenvalue weighted by Gasteiger charge is 2.38. The van der Waals surface area contributed by atoms with Gasteiger partial charge in [0.25, 0.3) is 0 Å². The molecule has 0 bridgehead atoms. The Kier molecular flexibility index (Phi) is 4.09. The fourth-order valence-corrected chi connectivity index (χ4v) is 3.01. The summed E-state index contributed by atoms with van der Waals surface area (Å²) >= 11 is 0. The van der Waals surface area contributed by atoms with Crippen molar-refractivity contribution >= 4 is 0 Å². The van der Waals surface area contributed by atoms with Crippen molar-refractivity contribution in [1.29, 1.82) is 0 Å². The summed E-state index contributed by atoms with van der Waals surface area (Å²) in [6.07, 6.45) is -1.04. The van der Waals surface area contributed by atoms with Gasteiger partial charge >= 0.3 is 6.18 Å². The minimum Gasteiger partial charge on any atom is -0.385 e. The molecule has 0 heterocycles. The van der Waals surface area contributed by atoms with E-state index < -0.39 is 23.2 Å². The highest BCUT2D eigenvalue weighted by molar-refractivity contribution is 5.30. The molecule has 0 radical (unpaired) electrons. The quantitative estimate of drug-likeness (QED) is 0.787. The van der Waals surface area contributed by atoms with E-state index in [1.165, 1.54) is 6.07 Å². The summed E-state index contributed by atoms with van der Waals surface area (Å²) in [6.45, 7) is 2.02. The third-order valence-electron chi connectivity index (χ3n) is 4.22. The molecule has 0 aliphatic heterocycles. The van der Waals surface area contributed by atoms with E-state index in [9.17, 15) is 22.7 Å². The van der Waals surface area contributed by atoms with E-state index in [2.05, 4.69) is 0 Å². The van der Waals surface area contributed by atoms with Crippen LogP contribution in [-0.2, 0) is 11.8 Å². The van der Waals surface area contributed by atoms with Crippen molar-refractivity contribution in [1.82, 2.24) is 0 Å². The van der Waals surface area contributed by atoms with Crippen molar-refractivity contribution in [2.24, 2.45) is 5.92 Å². The number of rotatable bonds is 2. The lowest BCUT2D eigenvalue weighted by Crippen LogP contribution is -2.32. The molecule has 5 heteroatoms. The minimum absolute atomic E-state index is 0.251. The zero-order valence-corrected chi connectivity index (χ0v) is 11.3. The Morgan fingerprint density at radius 3 is 2.60 bits per heavy atom. The fraction of sp³-hybridized carbons (Fsp3) is 0.600. The summed E-state index contributed by atoms with van der Waals surface area (Å²) in [7, 11) is 0. The van der Waals surface area contributed by atoms with Crippen molar-refractivity contribution in [3.8, 4) is 0 Å². The number of halogens is 4. The Morgan fingerprint density at radius 2 is 2.05 bits per heavy atom. The maximum absolute atomic E-state index is 13.6. The van der Waals surface area contributed by atoms with Gasteiger partial charge in [0.05, 0.1) is 11.2 Å². The maximum atomic E-state index is 13.6. The minimum atomic E-state index is -4.70. The standard InChI is InChI=1S/C15H18F4O/c1-2-10-4-3-7-14(20,9-10)11-5-6-12(13(16)8-11)15(17,18)19/h5-6,8,10,20H,2-4,7,9H2,1H3. The molecule has 0 aromatic heterocycles. The van der Waals surface area contributed by atoms with Gasteiger partial charge in [-0.05, 0) is 42.9 Å². The van der Waals surface area contributed by atoms with Crippen LogP contribution in [0.2, 0.25) is 0 Å². The normalized spacial score (nSPS) is 27.6. The Hall–Kier alpha value is -1.10. The molecule has 0 saturated heterocycles. The van der Waals surface area contributed by atoms with E-state index in [0.717, 1.165) is 31.4 Å². The second-order valence-corrected chi connectivity index (χ2v) is 5.59. The van der Waals surface area contributed by atoms with Crippen LogP contribution in [0.5, 0.6) is 0 Å². The summed E-state index contributed by atoms with van der Waals surface area (Å²) in [5.41, 5.74) is -2.24. The van der Waals surface area contributed by atoms with Crippen LogP contribution in [0.1, 0.15) is 50.2 Å². The lowest BCUT2D eigenvalue weighted by atomic mass is 9.73. The van der Waals surface area contributed by atoms with Crippen LogP contribution >= 0.6 is 0 Å². The molecule has 1 aromatic carbocycles. The zero-order valence-electron chi connectivity index (χ0n) is 11.3. The van der Waals surface area contributed by atoms with Gasteiger partial charge in [-0.25, -0.2) is 4.39 Å². The molecule has 1 aliphatic carbocycles. The van der Waals surface area contributed by atoms with Crippen LogP contribution in [-0.4, -0.2) is 5.11 Å². The van der Waals surface area contributed by atoms with E-state index in [0.29, 0.717) is 18.8 Å². The van der Waals surface area contributed by atoms with Crippen molar-refractivity contribution in [3.05, 3.63) is 35.1 Å². The second-order valence-electron chi connectivity index (χ2n) is 5.59. The highest BCUT2D eigenvalue weighted by atomic mass is 19.4. The molecule has 1 fully saturated rings.